The van der Waals surface area contributed by atoms with E-state index in [9.17, 15) is 0 Å². The van der Waals surface area contributed by atoms with Gasteiger partial charge in [0.15, 0.2) is 0 Å². The molecular formula is C5H6Cl3N3. The Morgan fingerprint density at radius 1 is 1.27 bits per heavy atom. The number of hydrogen-bond acceptors (Lipinski definition) is 3. The van der Waals surface area contributed by atoms with Crippen LogP contribution >= 0.6 is 35.6 Å². The normalized spacial score (nSPS) is 8.91. The van der Waals surface area contributed by atoms with Gasteiger partial charge in [0.2, 0.25) is 0 Å². The topological polar surface area (TPSA) is 64.9 Å². The third-order valence-electron chi connectivity index (χ3n) is 1.04. The summed E-state index contributed by atoms with van der Waals surface area (Å²) >= 11 is 11.2. The Hall–Kier alpha value is -0.380. The molecule has 0 aliphatic heterocycles. The van der Waals surface area contributed by atoms with Gasteiger partial charge in [0.1, 0.15) is 5.82 Å². The van der Waals surface area contributed by atoms with Crippen LogP contribution in [0.25, 0.3) is 0 Å². The lowest BCUT2D eigenvalue weighted by atomic mass is 10.4. The molecule has 0 atom stereocenters. The summed E-state index contributed by atoms with van der Waals surface area (Å²) in [6, 6.07) is 0. The molecule has 1 aromatic heterocycles. The van der Waals surface area contributed by atoms with Crippen molar-refractivity contribution in [2.75, 3.05) is 11.5 Å². The highest BCUT2D eigenvalue weighted by Crippen LogP contribution is 2.29. The molecule has 11 heavy (non-hydrogen) atoms. The third kappa shape index (κ3) is 2.02. The Morgan fingerprint density at radius 3 is 2.27 bits per heavy atom. The number of aromatic nitrogens is 1. The fourth-order valence-electron chi connectivity index (χ4n) is 0.494. The van der Waals surface area contributed by atoms with Gasteiger partial charge in [0, 0.05) is 6.20 Å². The van der Waals surface area contributed by atoms with E-state index in [1.807, 2.05) is 0 Å². The Morgan fingerprint density at radius 2 is 1.82 bits per heavy atom. The van der Waals surface area contributed by atoms with E-state index >= 15 is 0 Å². The molecule has 6 heteroatoms. The first kappa shape index (κ1) is 10.6. The molecular weight excluding hydrogens is 208 g/mol. The van der Waals surface area contributed by atoms with Crippen LogP contribution in [-0.4, -0.2) is 4.98 Å². The fourth-order valence-corrected chi connectivity index (χ4v) is 0.790. The largest absolute Gasteiger partial charge is 0.394 e. The van der Waals surface area contributed by atoms with Crippen molar-refractivity contribution in [2.45, 2.75) is 0 Å². The second-order valence-corrected chi connectivity index (χ2v) is 2.50. The molecule has 1 heterocycles. The summed E-state index contributed by atoms with van der Waals surface area (Å²) in [5.41, 5.74) is 10.9. The van der Waals surface area contributed by atoms with E-state index in [-0.39, 0.29) is 28.9 Å². The molecule has 0 saturated heterocycles. The molecule has 0 aromatic carbocycles. The summed E-state index contributed by atoms with van der Waals surface area (Å²) in [7, 11) is 0. The first-order valence-corrected chi connectivity index (χ1v) is 3.23. The lowest BCUT2D eigenvalue weighted by Crippen LogP contribution is -1.98. The van der Waals surface area contributed by atoms with E-state index in [4.69, 9.17) is 34.7 Å². The molecule has 0 amide bonds. The number of nitrogens with two attached hydrogens (primary N) is 2. The molecule has 3 nitrogen and oxygen atoms in total. The van der Waals surface area contributed by atoms with Crippen LogP contribution < -0.4 is 11.5 Å². The van der Waals surface area contributed by atoms with Gasteiger partial charge in [-0.1, -0.05) is 23.2 Å². The second-order valence-electron chi connectivity index (χ2n) is 1.72. The number of nitrogens with zero attached hydrogens (tertiary/aromatic N) is 1. The minimum absolute atomic E-state index is 0. The molecule has 0 bridgehead atoms. The van der Waals surface area contributed by atoms with Crippen LogP contribution in [-0.2, 0) is 0 Å². The van der Waals surface area contributed by atoms with Crippen molar-refractivity contribution in [1.29, 1.82) is 0 Å². The summed E-state index contributed by atoms with van der Waals surface area (Å²) in [5.74, 6) is 0.203. The third-order valence-corrected chi connectivity index (χ3v) is 1.83. The van der Waals surface area contributed by atoms with E-state index in [0.29, 0.717) is 5.02 Å². The average molecular weight is 214 g/mol. The summed E-state index contributed by atoms with van der Waals surface area (Å²) < 4.78 is 0. The average Bonchev–Trinajstić information content (AvgIpc) is 1.93. The van der Waals surface area contributed by atoms with Gasteiger partial charge in [-0.25, -0.2) is 4.98 Å². The van der Waals surface area contributed by atoms with E-state index < -0.39 is 0 Å². The standard InChI is InChI=1S/C5H5Cl2N3.ClH/c6-2-1-10-5(9)4(8)3(2)7;/h1H,8H2,(H2,9,10);1H. The van der Waals surface area contributed by atoms with Gasteiger partial charge >= 0.3 is 0 Å². The number of pyridine rings is 1. The Labute approximate surface area is 80.1 Å². The molecule has 0 fully saturated rings. The molecule has 0 aliphatic rings. The molecule has 0 radical (unpaired) electrons. The number of nitrogen functional groups attached to an aromatic ring is 2. The predicted molar refractivity (Wildman–Crippen MR) is 50.3 cm³/mol. The van der Waals surface area contributed by atoms with Gasteiger partial charge in [0.25, 0.3) is 0 Å². The first-order valence-electron chi connectivity index (χ1n) is 2.48. The molecule has 0 aliphatic carbocycles. The van der Waals surface area contributed by atoms with Crippen molar-refractivity contribution in [3.8, 4) is 0 Å². The zero-order chi connectivity index (χ0) is 7.72. The Kier molecular flexibility index (Phi) is 3.72. The zero-order valence-electron chi connectivity index (χ0n) is 5.34. The molecule has 62 valence electrons. The van der Waals surface area contributed by atoms with Crippen LogP contribution in [0, 0.1) is 0 Å². The minimum atomic E-state index is 0. The minimum Gasteiger partial charge on any atom is -0.394 e. The lowest BCUT2D eigenvalue weighted by Gasteiger charge is -2.01. The highest BCUT2D eigenvalue weighted by atomic mass is 35.5. The fraction of sp³-hybridized carbons (Fsp3) is 0. The van der Waals surface area contributed by atoms with Gasteiger partial charge in [-0.15, -0.1) is 12.4 Å². The van der Waals surface area contributed by atoms with E-state index in [1.165, 1.54) is 6.20 Å². The van der Waals surface area contributed by atoms with Crippen molar-refractivity contribution in [2.24, 2.45) is 0 Å². The lowest BCUT2D eigenvalue weighted by molar-refractivity contribution is 1.34. The van der Waals surface area contributed by atoms with E-state index in [1.54, 1.807) is 0 Å². The van der Waals surface area contributed by atoms with Gasteiger partial charge in [-0.05, 0) is 0 Å². The van der Waals surface area contributed by atoms with Crippen molar-refractivity contribution < 1.29 is 0 Å². The maximum absolute atomic E-state index is 5.61. The SMILES string of the molecule is Cl.Nc1ncc(Cl)c(Cl)c1N. The second kappa shape index (κ2) is 3.85. The maximum atomic E-state index is 5.61. The molecule has 0 saturated carbocycles. The van der Waals surface area contributed by atoms with Gasteiger partial charge < -0.3 is 11.5 Å². The van der Waals surface area contributed by atoms with Crippen molar-refractivity contribution >= 4 is 47.1 Å². The van der Waals surface area contributed by atoms with E-state index in [2.05, 4.69) is 4.98 Å². The maximum Gasteiger partial charge on any atom is 0.148 e. The number of hydrogen-bond donors (Lipinski definition) is 2. The van der Waals surface area contributed by atoms with Crippen LogP contribution in [0.5, 0.6) is 0 Å². The van der Waals surface area contributed by atoms with Crippen LogP contribution in [0.2, 0.25) is 10.0 Å². The summed E-state index contributed by atoms with van der Waals surface area (Å²) in [6.45, 7) is 0. The van der Waals surface area contributed by atoms with E-state index in [0.717, 1.165) is 0 Å². The molecule has 0 spiro atoms. The molecule has 4 N–H and O–H groups in total. The Balaban J connectivity index is 0.000001000. The van der Waals surface area contributed by atoms with Crippen molar-refractivity contribution in [3.05, 3.63) is 16.2 Å². The van der Waals surface area contributed by atoms with Gasteiger partial charge in [-0.3, -0.25) is 0 Å². The first-order chi connectivity index (χ1) is 4.63. The quantitative estimate of drug-likeness (QED) is 0.694. The van der Waals surface area contributed by atoms with Gasteiger partial charge in [-0.2, -0.15) is 0 Å². The van der Waals surface area contributed by atoms with Gasteiger partial charge in [0.05, 0.1) is 15.7 Å². The van der Waals surface area contributed by atoms with Crippen LogP contribution in [0.4, 0.5) is 11.5 Å². The molecule has 0 unspecified atom stereocenters. The Bertz CT molecular complexity index is 236. The van der Waals surface area contributed by atoms with Crippen molar-refractivity contribution in [1.82, 2.24) is 4.98 Å². The van der Waals surface area contributed by atoms with Crippen LogP contribution in [0.3, 0.4) is 0 Å². The number of anilines is 2. The number of rotatable bonds is 0. The molecule has 1 rings (SSSR count). The highest BCUT2D eigenvalue weighted by molar-refractivity contribution is 6.43. The number of halogens is 3. The monoisotopic (exact) mass is 213 g/mol. The predicted octanol–water partition coefficient (Wildman–Crippen LogP) is 1.97. The zero-order valence-corrected chi connectivity index (χ0v) is 7.67. The van der Waals surface area contributed by atoms with Crippen LogP contribution in [0.15, 0.2) is 6.20 Å². The molecule has 1 aromatic rings. The summed E-state index contributed by atoms with van der Waals surface area (Å²) in [5, 5.41) is 0.572. The highest BCUT2D eigenvalue weighted by Gasteiger charge is 2.04. The van der Waals surface area contributed by atoms with Crippen LogP contribution in [0.1, 0.15) is 0 Å². The van der Waals surface area contributed by atoms with Crippen molar-refractivity contribution in [3.63, 3.8) is 0 Å². The summed E-state index contributed by atoms with van der Waals surface area (Å²) in [6.07, 6.45) is 1.36. The summed E-state index contributed by atoms with van der Waals surface area (Å²) in [4.78, 5) is 3.68. The smallest absolute Gasteiger partial charge is 0.148 e.